The maximum Gasteiger partial charge on any atom is 0.218 e. The SMILES string of the molecule is CCc1nc(Cl)cc(OC2CCCC2)n1. The summed E-state index contributed by atoms with van der Waals surface area (Å²) in [5.41, 5.74) is 0. The third kappa shape index (κ3) is 2.81. The average molecular weight is 227 g/mol. The summed E-state index contributed by atoms with van der Waals surface area (Å²) in [5, 5.41) is 0.467. The summed E-state index contributed by atoms with van der Waals surface area (Å²) in [6, 6.07) is 1.69. The molecule has 1 aliphatic carbocycles. The first-order chi connectivity index (χ1) is 7.28. The minimum atomic E-state index is 0.320. The van der Waals surface area contributed by atoms with Gasteiger partial charge < -0.3 is 4.74 Å². The molecule has 3 nitrogen and oxygen atoms in total. The van der Waals surface area contributed by atoms with Gasteiger partial charge in [0.15, 0.2) is 0 Å². The first kappa shape index (κ1) is 10.7. The number of aryl methyl sites for hydroxylation is 1. The van der Waals surface area contributed by atoms with Gasteiger partial charge in [0.05, 0.1) is 0 Å². The van der Waals surface area contributed by atoms with Gasteiger partial charge in [-0.15, -0.1) is 0 Å². The lowest BCUT2D eigenvalue weighted by Crippen LogP contribution is -2.12. The molecular weight excluding hydrogens is 212 g/mol. The fourth-order valence-corrected chi connectivity index (χ4v) is 2.03. The predicted octanol–water partition coefficient (Wildman–Crippen LogP) is 3.01. The van der Waals surface area contributed by atoms with E-state index in [1.807, 2.05) is 6.92 Å². The first-order valence-electron chi connectivity index (χ1n) is 5.48. The lowest BCUT2D eigenvalue weighted by Gasteiger charge is -2.12. The average Bonchev–Trinajstić information content (AvgIpc) is 2.69. The van der Waals surface area contributed by atoms with Crippen LogP contribution >= 0.6 is 11.6 Å². The van der Waals surface area contributed by atoms with Crippen LogP contribution in [0.15, 0.2) is 6.07 Å². The molecule has 1 fully saturated rings. The van der Waals surface area contributed by atoms with E-state index in [2.05, 4.69) is 9.97 Å². The van der Waals surface area contributed by atoms with Crippen molar-refractivity contribution >= 4 is 11.6 Å². The highest BCUT2D eigenvalue weighted by atomic mass is 35.5. The van der Waals surface area contributed by atoms with Crippen molar-refractivity contribution in [1.82, 2.24) is 9.97 Å². The lowest BCUT2D eigenvalue weighted by molar-refractivity contribution is 0.200. The second-order valence-electron chi connectivity index (χ2n) is 3.82. The van der Waals surface area contributed by atoms with Gasteiger partial charge in [-0.3, -0.25) is 0 Å². The molecule has 1 saturated carbocycles. The van der Waals surface area contributed by atoms with E-state index in [1.165, 1.54) is 12.8 Å². The van der Waals surface area contributed by atoms with Gasteiger partial charge in [-0.05, 0) is 25.7 Å². The Labute approximate surface area is 94.8 Å². The summed E-state index contributed by atoms with van der Waals surface area (Å²) in [7, 11) is 0. The van der Waals surface area contributed by atoms with Crippen LogP contribution in [0.5, 0.6) is 5.88 Å². The largest absolute Gasteiger partial charge is 0.474 e. The van der Waals surface area contributed by atoms with Crippen LogP contribution in [0, 0.1) is 0 Å². The Morgan fingerprint density at radius 3 is 2.80 bits per heavy atom. The summed E-state index contributed by atoms with van der Waals surface area (Å²) in [6.07, 6.45) is 5.86. The van der Waals surface area contributed by atoms with E-state index in [1.54, 1.807) is 6.07 Å². The zero-order chi connectivity index (χ0) is 10.7. The van der Waals surface area contributed by atoms with Crippen LogP contribution < -0.4 is 4.74 Å². The van der Waals surface area contributed by atoms with Crippen molar-refractivity contribution in [1.29, 1.82) is 0 Å². The number of nitrogens with zero attached hydrogens (tertiary/aromatic N) is 2. The number of halogens is 1. The van der Waals surface area contributed by atoms with Crippen molar-refractivity contribution < 1.29 is 4.74 Å². The third-order valence-electron chi connectivity index (χ3n) is 2.62. The molecule has 0 amide bonds. The summed E-state index contributed by atoms with van der Waals surface area (Å²) in [5.74, 6) is 1.37. The van der Waals surface area contributed by atoms with E-state index in [4.69, 9.17) is 16.3 Å². The Bertz CT molecular complexity index is 337. The molecule has 0 spiro atoms. The van der Waals surface area contributed by atoms with Crippen LogP contribution in [-0.2, 0) is 6.42 Å². The fraction of sp³-hybridized carbons (Fsp3) is 0.636. The smallest absolute Gasteiger partial charge is 0.218 e. The van der Waals surface area contributed by atoms with E-state index in [-0.39, 0.29) is 0 Å². The van der Waals surface area contributed by atoms with Crippen LogP contribution in [0.3, 0.4) is 0 Å². The highest BCUT2D eigenvalue weighted by Gasteiger charge is 2.17. The van der Waals surface area contributed by atoms with Crippen LogP contribution in [0.4, 0.5) is 0 Å². The molecule has 0 unspecified atom stereocenters. The number of aromatic nitrogens is 2. The van der Waals surface area contributed by atoms with E-state index in [9.17, 15) is 0 Å². The van der Waals surface area contributed by atoms with Gasteiger partial charge in [-0.25, -0.2) is 4.98 Å². The Kier molecular flexibility index (Phi) is 3.41. The van der Waals surface area contributed by atoms with Crippen LogP contribution in [0.2, 0.25) is 5.15 Å². The summed E-state index contributed by atoms with van der Waals surface area (Å²) >= 11 is 5.88. The summed E-state index contributed by atoms with van der Waals surface area (Å²) < 4.78 is 5.76. The van der Waals surface area contributed by atoms with Crippen molar-refractivity contribution in [3.05, 3.63) is 17.0 Å². The molecule has 1 aromatic heterocycles. The first-order valence-corrected chi connectivity index (χ1v) is 5.86. The van der Waals surface area contributed by atoms with Gasteiger partial charge in [0.2, 0.25) is 5.88 Å². The predicted molar refractivity (Wildman–Crippen MR) is 59.3 cm³/mol. The number of hydrogen-bond acceptors (Lipinski definition) is 3. The van der Waals surface area contributed by atoms with Crippen LogP contribution in [0.1, 0.15) is 38.4 Å². The van der Waals surface area contributed by atoms with Crippen molar-refractivity contribution in [2.45, 2.75) is 45.1 Å². The quantitative estimate of drug-likeness (QED) is 0.744. The molecule has 4 heteroatoms. The number of ether oxygens (including phenoxy) is 1. The molecule has 0 N–H and O–H groups in total. The molecule has 1 heterocycles. The van der Waals surface area contributed by atoms with Crippen LogP contribution in [-0.4, -0.2) is 16.1 Å². The molecule has 0 radical (unpaired) electrons. The van der Waals surface area contributed by atoms with Crippen LogP contribution in [0.25, 0.3) is 0 Å². The molecule has 82 valence electrons. The molecule has 0 saturated heterocycles. The number of hydrogen-bond donors (Lipinski definition) is 0. The highest BCUT2D eigenvalue weighted by Crippen LogP contribution is 2.24. The topological polar surface area (TPSA) is 35.0 Å². The van der Waals surface area contributed by atoms with Gasteiger partial charge in [0.25, 0.3) is 0 Å². The van der Waals surface area contributed by atoms with Gasteiger partial charge >= 0.3 is 0 Å². The molecule has 0 atom stereocenters. The van der Waals surface area contributed by atoms with Gasteiger partial charge in [-0.2, -0.15) is 4.98 Å². The van der Waals surface area contributed by atoms with E-state index >= 15 is 0 Å². The molecule has 1 aromatic rings. The molecule has 0 aromatic carbocycles. The van der Waals surface area contributed by atoms with Gasteiger partial charge in [0, 0.05) is 12.5 Å². The molecular formula is C11H15ClN2O. The maximum absolute atomic E-state index is 5.88. The van der Waals surface area contributed by atoms with E-state index < -0.39 is 0 Å². The molecule has 1 aliphatic rings. The fourth-order valence-electron chi connectivity index (χ4n) is 1.84. The molecule has 0 aliphatic heterocycles. The highest BCUT2D eigenvalue weighted by molar-refractivity contribution is 6.29. The minimum absolute atomic E-state index is 0.320. The Morgan fingerprint density at radius 1 is 1.40 bits per heavy atom. The van der Waals surface area contributed by atoms with Gasteiger partial charge in [-0.1, -0.05) is 18.5 Å². The minimum Gasteiger partial charge on any atom is -0.474 e. The Hall–Kier alpha value is -0.830. The normalized spacial score (nSPS) is 16.9. The zero-order valence-electron chi connectivity index (χ0n) is 8.87. The third-order valence-corrected chi connectivity index (χ3v) is 2.82. The molecule has 2 rings (SSSR count). The molecule has 0 bridgehead atoms. The Balaban J connectivity index is 2.09. The zero-order valence-corrected chi connectivity index (χ0v) is 9.63. The second-order valence-corrected chi connectivity index (χ2v) is 4.21. The van der Waals surface area contributed by atoms with Crippen molar-refractivity contribution in [3.8, 4) is 5.88 Å². The van der Waals surface area contributed by atoms with Crippen molar-refractivity contribution in [3.63, 3.8) is 0 Å². The maximum atomic E-state index is 5.88. The summed E-state index contributed by atoms with van der Waals surface area (Å²) in [6.45, 7) is 2.00. The summed E-state index contributed by atoms with van der Waals surface area (Å²) in [4.78, 5) is 8.40. The second kappa shape index (κ2) is 4.79. The standard InChI is InChI=1S/C11H15ClN2O/c1-2-10-13-9(12)7-11(14-10)15-8-5-3-4-6-8/h7-8H,2-6H2,1H3. The number of rotatable bonds is 3. The van der Waals surface area contributed by atoms with Crippen molar-refractivity contribution in [2.75, 3.05) is 0 Å². The Morgan fingerprint density at radius 2 is 2.13 bits per heavy atom. The lowest BCUT2D eigenvalue weighted by atomic mass is 10.3. The monoisotopic (exact) mass is 226 g/mol. The van der Waals surface area contributed by atoms with E-state index in [0.717, 1.165) is 25.1 Å². The molecule has 15 heavy (non-hydrogen) atoms. The van der Waals surface area contributed by atoms with E-state index in [0.29, 0.717) is 17.1 Å². The van der Waals surface area contributed by atoms with Gasteiger partial charge in [0.1, 0.15) is 17.1 Å². The van der Waals surface area contributed by atoms with Crippen molar-refractivity contribution in [2.24, 2.45) is 0 Å².